The molecular formula is C12H16N2O. The number of carbonyl (C=O) groups excluding carboxylic acids is 1. The molecule has 1 spiro atoms. The molecule has 4 aliphatic rings. The molecule has 80 valence electrons. The molecule has 0 aromatic carbocycles. The minimum atomic E-state index is -0.0637. The van der Waals surface area contributed by atoms with Gasteiger partial charge in [0.2, 0.25) is 0 Å². The van der Waals surface area contributed by atoms with Crippen molar-refractivity contribution in [2.45, 2.75) is 25.4 Å². The third-order valence-electron chi connectivity index (χ3n) is 4.94. The van der Waals surface area contributed by atoms with E-state index in [9.17, 15) is 4.79 Å². The summed E-state index contributed by atoms with van der Waals surface area (Å²) in [5.74, 6) is 1.44. The summed E-state index contributed by atoms with van der Waals surface area (Å²) in [6.07, 6.45) is 3.46. The van der Waals surface area contributed by atoms with E-state index in [1.165, 1.54) is 12.0 Å². The first-order valence-corrected chi connectivity index (χ1v) is 5.98. The lowest BCUT2D eigenvalue weighted by Crippen LogP contribution is -2.49. The van der Waals surface area contributed by atoms with E-state index in [0.717, 1.165) is 13.1 Å². The van der Waals surface area contributed by atoms with Gasteiger partial charge in [-0.05, 0) is 17.9 Å². The molecule has 2 aliphatic heterocycles. The van der Waals surface area contributed by atoms with Gasteiger partial charge >= 0.3 is 0 Å². The van der Waals surface area contributed by atoms with Gasteiger partial charge in [-0.3, -0.25) is 4.79 Å². The van der Waals surface area contributed by atoms with E-state index in [-0.39, 0.29) is 5.41 Å². The van der Waals surface area contributed by atoms with Crippen LogP contribution < -0.4 is 10.6 Å². The van der Waals surface area contributed by atoms with E-state index in [1.54, 1.807) is 0 Å². The number of nitrogens with one attached hydrogen (secondary N) is 2. The number of Topliss-reactive ketones (excluding diaryl/α,β-unsaturated/α-hetero) is 1. The number of hydrogen-bond donors (Lipinski definition) is 2. The lowest BCUT2D eigenvalue weighted by molar-refractivity contribution is -0.114. The minimum Gasteiger partial charge on any atom is -0.312 e. The summed E-state index contributed by atoms with van der Waals surface area (Å²) < 4.78 is 0. The van der Waals surface area contributed by atoms with Crippen molar-refractivity contribution in [3.8, 4) is 0 Å². The fraction of sp³-hybridized carbons (Fsp3) is 0.750. The van der Waals surface area contributed by atoms with Gasteiger partial charge in [-0.15, -0.1) is 0 Å². The van der Waals surface area contributed by atoms with Crippen LogP contribution in [0.5, 0.6) is 0 Å². The molecule has 3 fully saturated rings. The highest BCUT2D eigenvalue weighted by Gasteiger charge is 2.76. The first kappa shape index (κ1) is 8.48. The van der Waals surface area contributed by atoms with Crippen molar-refractivity contribution in [1.29, 1.82) is 0 Å². The number of carbonyl (C=O) groups is 1. The number of ketones is 1. The van der Waals surface area contributed by atoms with Crippen LogP contribution in [0.2, 0.25) is 0 Å². The molecule has 15 heavy (non-hydrogen) atoms. The lowest BCUT2D eigenvalue weighted by Gasteiger charge is -2.38. The third-order valence-corrected chi connectivity index (χ3v) is 4.94. The molecule has 2 heterocycles. The average molecular weight is 204 g/mol. The Kier molecular flexibility index (Phi) is 1.33. The zero-order valence-electron chi connectivity index (χ0n) is 8.92. The van der Waals surface area contributed by atoms with Crippen molar-refractivity contribution < 1.29 is 4.79 Å². The van der Waals surface area contributed by atoms with Crippen LogP contribution in [0, 0.1) is 17.3 Å². The summed E-state index contributed by atoms with van der Waals surface area (Å²) in [5.41, 5.74) is 1.36. The van der Waals surface area contributed by atoms with Crippen molar-refractivity contribution in [1.82, 2.24) is 10.6 Å². The molecule has 2 saturated carbocycles. The highest BCUT2D eigenvalue weighted by Crippen LogP contribution is 2.64. The van der Waals surface area contributed by atoms with E-state index in [1.807, 2.05) is 0 Å². The molecule has 1 saturated heterocycles. The second-order valence-corrected chi connectivity index (χ2v) is 5.51. The van der Waals surface area contributed by atoms with Gasteiger partial charge in [0.1, 0.15) is 0 Å². The van der Waals surface area contributed by atoms with Crippen molar-refractivity contribution in [3.05, 3.63) is 11.6 Å². The summed E-state index contributed by atoms with van der Waals surface area (Å²) in [6, 6.07) is 0.919. The van der Waals surface area contributed by atoms with Gasteiger partial charge in [0.25, 0.3) is 0 Å². The predicted octanol–water partition coefficient (Wildman–Crippen LogP) is 0.0815. The molecule has 3 heteroatoms. The Morgan fingerprint density at radius 3 is 3.13 bits per heavy atom. The van der Waals surface area contributed by atoms with E-state index >= 15 is 0 Å². The molecular weight excluding hydrogens is 188 g/mol. The van der Waals surface area contributed by atoms with Crippen molar-refractivity contribution in [2.75, 3.05) is 13.1 Å². The van der Waals surface area contributed by atoms with Crippen molar-refractivity contribution in [2.24, 2.45) is 17.3 Å². The Hall–Kier alpha value is -0.670. The van der Waals surface area contributed by atoms with Gasteiger partial charge in [0.15, 0.2) is 5.78 Å². The molecule has 0 aromatic rings. The smallest absolute Gasteiger partial charge is 0.151 e. The van der Waals surface area contributed by atoms with Crippen LogP contribution in [0.3, 0.4) is 0 Å². The average Bonchev–Trinajstić information content (AvgIpc) is 2.62. The highest BCUT2D eigenvalue weighted by molar-refractivity contribution is 6.09. The molecule has 2 N–H and O–H groups in total. The molecule has 0 amide bonds. The zero-order chi connectivity index (χ0) is 10.2. The number of rotatable bonds is 0. The molecule has 4 rings (SSSR count). The molecule has 0 radical (unpaired) electrons. The highest BCUT2D eigenvalue weighted by atomic mass is 16.1. The minimum absolute atomic E-state index is 0.0637. The number of hydrogen-bond acceptors (Lipinski definition) is 3. The fourth-order valence-electron chi connectivity index (χ4n) is 4.32. The van der Waals surface area contributed by atoms with Gasteiger partial charge in [-0.2, -0.15) is 0 Å². The third kappa shape index (κ3) is 0.733. The standard InChI is InChI=1S/C12H16N2O/c1-6-4-9-7(2-3-13-9)12-8(11(12)15)5-14-10(6)12/h2,6,8-10,13-14H,3-5H2,1H3. The van der Waals surface area contributed by atoms with Crippen molar-refractivity contribution >= 4 is 5.78 Å². The largest absolute Gasteiger partial charge is 0.312 e. The SMILES string of the molecule is CC1CC2NCC=C2C23C(=O)C2CNC13. The maximum absolute atomic E-state index is 12.0. The van der Waals surface area contributed by atoms with E-state index in [4.69, 9.17) is 0 Å². The maximum atomic E-state index is 12.0. The van der Waals surface area contributed by atoms with Crippen LogP contribution in [-0.2, 0) is 4.79 Å². The first-order chi connectivity index (χ1) is 7.26. The monoisotopic (exact) mass is 204 g/mol. The Balaban J connectivity index is 1.86. The van der Waals surface area contributed by atoms with Gasteiger partial charge < -0.3 is 10.6 Å². The maximum Gasteiger partial charge on any atom is 0.151 e. The predicted molar refractivity (Wildman–Crippen MR) is 56.4 cm³/mol. The molecule has 3 nitrogen and oxygen atoms in total. The van der Waals surface area contributed by atoms with Gasteiger partial charge in [0, 0.05) is 31.1 Å². The van der Waals surface area contributed by atoms with Crippen LogP contribution in [0.25, 0.3) is 0 Å². The van der Waals surface area contributed by atoms with E-state index < -0.39 is 0 Å². The summed E-state index contributed by atoms with van der Waals surface area (Å²) in [7, 11) is 0. The number of fused-ring (bicyclic) bond motifs is 1. The van der Waals surface area contributed by atoms with E-state index in [0.29, 0.717) is 29.7 Å². The fourth-order valence-corrected chi connectivity index (χ4v) is 4.32. The van der Waals surface area contributed by atoms with Crippen LogP contribution in [0.15, 0.2) is 11.6 Å². The lowest BCUT2D eigenvalue weighted by atomic mass is 9.70. The second-order valence-electron chi connectivity index (χ2n) is 5.51. The summed E-state index contributed by atoms with van der Waals surface area (Å²) in [5, 5.41) is 7.05. The zero-order valence-corrected chi connectivity index (χ0v) is 8.92. The summed E-state index contributed by atoms with van der Waals surface area (Å²) in [4.78, 5) is 12.0. The Morgan fingerprint density at radius 2 is 2.33 bits per heavy atom. The molecule has 0 aromatic heterocycles. The first-order valence-electron chi connectivity index (χ1n) is 5.98. The topological polar surface area (TPSA) is 41.1 Å². The summed E-state index contributed by atoms with van der Waals surface area (Å²) >= 11 is 0. The van der Waals surface area contributed by atoms with Crippen molar-refractivity contribution in [3.63, 3.8) is 0 Å². The van der Waals surface area contributed by atoms with Crippen LogP contribution in [0.4, 0.5) is 0 Å². The van der Waals surface area contributed by atoms with Gasteiger partial charge in [-0.25, -0.2) is 0 Å². The Bertz CT molecular complexity index is 389. The van der Waals surface area contributed by atoms with Crippen LogP contribution in [-0.4, -0.2) is 31.0 Å². The second kappa shape index (κ2) is 2.36. The van der Waals surface area contributed by atoms with Crippen LogP contribution in [0.1, 0.15) is 13.3 Å². The summed E-state index contributed by atoms with van der Waals surface area (Å²) in [6.45, 7) is 4.16. The molecule has 0 bridgehead atoms. The molecule has 2 aliphatic carbocycles. The Labute approximate surface area is 89.3 Å². The van der Waals surface area contributed by atoms with Gasteiger partial charge in [-0.1, -0.05) is 13.0 Å². The molecule has 5 atom stereocenters. The molecule has 5 unspecified atom stereocenters. The van der Waals surface area contributed by atoms with E-state index in [2.05, 4.69) is 23.6 Å². The van der Waals surface area contributed by atoms with Gasteiger partial charge in [0.05, 0.1) is 5.41 Å². The Morgan fingerprint density at radius 1 is 1.47 bits per heavy atom. The van der Waals surface area contributed by atoms with Crippen LogP contribution >= 0.6 is 0 Å². The number of piperidine rings is 1. The normalized spacial score (nSPS) is 55.8. The quantitative estimate of drug-likeness (QED) is 0.549.